The molecule has 0 amide bonds. The molecule has 0 spiro atoms. The van der Waals surface area contributed by atoms with Crippen LogP contribution in [0.25, 0.3) is 0 Å². The zero-order valence-electron chi connectivity index (χ0n) is 12.9. The third-order valence-corrected chi connectivity index (χ3v) is 3.96. The van der Waals surface area contributed by atoms with E-state index in [1.54, 1.807) is 12.1 Å². The largest absolute Gasteiger partial charge is 0.358 e. The van der Waals surface area contributed by atoms with Crippen molar-refractivity contribution in [2.24, 2.45) is 0 Å². The Balaban J connectivity index is 1.85. The monoisotopic (exact) mass is 316 g/mol. The number of benzene rings is 2. The number of thiocarbonyl (C=S) groups is 1. The lowest BCUT2D eigenvalue weighted by molar-refractivity contribution is 0.627. The highest BCUT2D eigenvalue weighted by Gasteiger charge is 2.03. The lowest BCUT2D eigenvalue weighted by Gasteiger charge is -2.13. The van der Waals surface area contributed by atoms with Crippen LogP contribution in [0.3, 0.4) is 0 Å². The number of hydrogen-bond donors (Lipinski definition) is 2. The molecule has 4 heteroatoms. The zero-order valence-corrected chi connectivity index (χ0v) is 13.7. The summed E-state index contributed by atoms with van der Waals surface area (Å²) in [7, 11) is 0. The van der Waals surface area contributed by atoms with E-state index in [9.17, 15) is 4.39 Å². The summed E-state index contributed by atoms with van der Waals surface area (Å²) in [5, 5.41) is 6.82. The van der Waals surface area contributed by atoms with Crippen molar-refractivity contribution < 1.29 is 4.39 Å². The van der Waals surface area contributed by atoms with Gasteiger partial charge in [0.05, 0.1) is 0 Å². The van der Waals surface area contributed by atoms with Crippen LogP contribution in [0.2, 0.25) is 0 Å². The van der Waals surface area contributed by atoms with Crippen LogP contribution >= 0.6 is 12.2 Å². The molecule has 2 nitrogen and oxygen atoms in total. The maximum atomic E-state index is 12.8. The van der Waals surface area contributed by atoms with Crippen molar-refractivity contribution in [2.75, 3.05) is 5.32 Å². The Labute approximate surface area is 136 Å². The molecule has 2 aromatic carbocycles. The first-order chi connectivity index (χ1) is 10.6. The molecule has 0 saturated heterocycles. The van der Waals surface area contributed by atoms with Gasteiger partial charge < -0.3 is 10.6 Å². The van der Waals surface area contributed by atoms with Gasteiger partial charge in [0.2, 0.25) is 0 Å². The lowest BCUT2D eigenvalue weighted by atomic mass is 9.99. The van der Waals surface area contributed by atoms with Crippen molar-refractivity contribution in [1.82, 2.24) is 5.32 Å². The maximum Gasteiger partial charge on any atom is 0.171 e. The molecule has 0 radical (unpaired) electrons. The standard InChI is InChI=1S/C18H21FN2S/c1-3-13(2)15-6-10-17(11-7-15)21-18(22)20-12-14-4-8-16(19)9-5-14/h4-11,13H,3,12H2,1-2H3,(H2,20,21,22). The first kappa shape index (κ1) is 16.4. The van der Waals surface area contributed by atoms with Crippen LogP contribution in [0.4, 0.5) is 10.1 Å². The molecular formula is C18H21FN2S. The van der Waals surface area contributed by atoms with E-state index in [-0.39, 0.29) is 5.82 Å². The van der Waals surface area contributed by atoms with Crippen LogP contribution in [0.1, 0.15) is 37.3 Å². The van der Waals surface area contributed by atoms with Crippen LogP contribution in [-0.4, -0.2) is 5.11 Å². The second-order valence-corrected chi connectivity index (χ2v) is 5.77. The highest BCUT2D eigenvalue weighted by Crippen LogP contribution is 2.20. The van der Waals surface area contributed by atoms with Gasteiger partial charge >= 0.3 is 0 Å². The minimum absolute atomic E-state index is 0.231. The van der Waals surface area contributed by atoms with Gasteiger partial charge in [-0.2, -0.15) is 0 Å². The molecule has 0 aliphatic carbocycles. The summed E-state index contributed by atoms with van der Waals surface area (Å²) in [6, 6.07) is 14.7. The first-order valence-corrected chi connectivity index (χ1v) is 7.88. The van der Waals surface area contributed by atoms with E-state index in [1.807, 2.05) is 12.1 Å². The van der Waals surface area contributed by atoms with Gasteiger partial charge in [0.1, 0.15) is 5.82 Å². The predicted molar refractivity (Wildman–Crippen MR) is 94.6 cm³/mol. The smallest absolute Gasteiger partial charge is 0.171 e. The molecular weight excluding hydrogens is 295 g/mol. The van der Waals surface area contributed by atoms with Crippen molar-refractivity contribution in [3.63, 3.8) is 0 Å². The Bertz CT molecular complexity index is 608. The van der Waals surface area contributed by atoms with Gasteiger partial charge in [-0.3, -0.25) is 0 Å². The number of nitrogens with one attached hydrogen (secondary N) is 2. The molecule has 0 aliphatic heterocycles. The number of hydrogen-bond acceptors (Lipinski definition) is 1. The van der Waals surface area contributed by atoms with Gasteiger partial charge in [0.25, 0.3) is 0 Å². The van der Waals surface area contributed by atoms with E-state index < -0.39 is 0 Å². The highest BCUT2D eigenvalue weighted by atomic mass is 32.1. The van der Waals surface area contributed by atoms with Crippen molar-refractivity contribution in [2.45, 2.75) is 32.7 Å². The molecule has 0 bridgehead atoms. The van der Waals surface area contributed by atoms with Gasteiger partial charge in [0.15, 0.2) is 5.11 Å². The van der Waals surface area contributed by atoms with Gasteiger partial charge in [-0.15, -0.1) is 0 Å². The van der Waals surface area contributed by atoms with Crippen LogP contribution in [0, 0.1) is 5.82 Å². The number of halogens is 1. The maximum absolute atomic E-state index is 12.8. The molecule has 0 aliphatic rings. The summed E-state index contributed by atoms with van der Waals surface area (Å²) in [6.07, 6.45) is 1.13. The Morgan fingerprint density at radius 2 is 1.73 bits per heavy atom. The number of anilines is 1. The fourth-order valence-electron chi connectivity index (χ4n) is 2.09. The number of rotatable bonds is 5. The lowest BCUT2D eigenvalue weighted by Crippen LogP contribution is -2.27. The molecule has 0 heterocycles. The van der Waals surface area contributed by atoms with Crippen molar-refractivity contribution in [3.05, 3.63) is 65.5 Å². The van der Waals surface area contributed by atoms with Crippen LogP contribution < -0.4 is 10.6 Å². The van der Waals surface area contributed by atoms with Crippen molar-refractivity contribution in [1.29, 1.82) is 0 Å². The van der Waals surface area contributed by atoms with E-state index in [2.05, 4.69) is 36.6 Å². The Hall–Kier alpha value is -1.94. The molecule has 1 atom stereocenters. The predicted octanol–water partition coefficient (Wildman–Crippen LogP) is 4.83. The molecule has 2 aromatic rings. The zero-order chi connectivity index (χ0) is 15.9. The Kier molecular flexibility index (Phi) is 5.90. The fourth-order valence-corrected chi connectivity index (χ4v) is 2.28. The van der Waals surface area contributed by atoms with E-state index in [0.717, 1.165) is 17.7 Å². The van der Waals surface area contributed by atoms with Crippen molar-refractivity contribution in [3.8, 4) is 0 Å². The van der Waals surface area contributed by atoms with Gasteiger partial charge in [-0.1, -0.05) is 38.1 Å². The van der Waals surface area contributed by atoms with Crippen LogP contribution in [0.5, 0.6) is 0 Å². The van der Waals surface area contributed by atoms with Gasteiger partial charge in [-0.05, 0) is 59.9 Å². The third kappa shape index (κ3) is 4.81. The minimum Gasteiger partial charge on any atom is -0.358 e. The molecule has 0 saturated carbocycles. The molecule has 1 unspecified atom stereocenters. The average Bonchev–Trinajstić information content (AvgIpc) is 2.54. The summed E-state index contributed by atoms with van der Waals surface area (Å²) in [4.78, 5) is 0. The summed E-state index contributed by atoms with van der Waals surface area (Å²) in [5.74, 6) is 0.337. The van der Waals surface area contributed by atoms with Crippen molar-refractivity contribution >= 4 is 23.0 Å². The van der Waals surface area contributed by atoms with Gasteiger partial charge in [-0.25, -0.2) is 4.39 Å². The summed E-state index contributed by atoms with van der Waals surface area (Å²) in [5.41, 5.74) is 3.28. The SMILES string of the molecule is CCC(C)c1ccc(NC(=S)NCc2ccc(F)cc2)cc1. The quantitative estimate of drug-likeness (QED) is 0.773. The summed E-state index contributed by atoms with van der Waals surface area (Å²) >= 11 is 5.27. The van der Waals surface area contributed by atoms with E-state index in [0.29, 0.717) is 17.6 Å². The van der Waals surface area contributed by atoms with E-state index in [1.165, 1.54) is 17.7 Å². The molecule has 2 rings (SSSR count). The minimum atomic E-state index is -0.231. The summed E-state index contributed by atoms with van der Waals surface area (Å²) < 4.78 is 12.8. The van der Waals surface area contributed by atoms with Crippen LogP contribution in [0.15, 0.2) is 48.5 Å². The molecule has 22 heavy (non-hydrogen) atoms. The normalized spacial score (nSPS) is 11.8. The van der Waals surface area contributed by atoms with Crippen LogP contribution in [-0.2, 0) is 6.54 Å². The molecule has 0 aromatic heterocycles. The topological polar surface area (TPSA) is 24.1 Å². The molecule has 116 valence electrons. The second kappa shape index (κ2) is 7.90. The van der Waals surface area contributed by atoms with E-state index in [4.69, 9.17) is 12.2 Å². The molecule has 2 N–H and O–H groups in total. The molecule has 0 fully saturated rings. The second-order valence-electron chi connectivity index (χ2n) is 5.37. The Morgan fingerprint density at radius 3 is 2.32 bits per heavy atom. The van der Waals surface area contributed by atoms with E-state index >= 15 is 0 Å². The van der Waals surface area contributed by atoms with Gasteiger partial charge in [0, 0.05) is 12.2 Å². The highest BCUT2D eigenvalue weighted by molar-refractivity contribution is 7.80. The fraction of sp³-hybridized carbons (Fsp3) is 0.278. The first-order valence-electron chi connectivity index (χ1n) is 7.47. The third-order valence-electron chi connectivity index (χ3n) is 3.72. The Morgan fingerprint density at radius 1 is 1.09 bits per heavy atom. The summed E-state index contributed by atoms with van der Waals surface area (Å²) in [6.45, 7) is 4.97. The average molecular weight is 316 g/mol.